The highest BCUT2D eigenvalue weighted by Crippen LogP contribution is 2.29. The van der Waals surface area contributed by atoms with Crippen LogP contribution in [0.4, 0.5) is 5.69 Å². The van der Waals surface area contributed by atoms with E-state index in [1.807, 2.05) is 30.5 Å². The average Bonchev–Trinajstić information content (AvgIpc) is 2.58. The van der Waals surface area contributed by atoms with Gasteiger partial charge in [-0.1, -0.05) is 0 Å². The van der Waals surface area contributed by atoms with Crippen LogP contribution < -0.4 is 5.73 Å². The summed E-state index contributed by atoms with van der Waals surface area (Å²) in [6.45, 7) is 1.93. The summed E-state index contributed by atoms with van der Waals surface area (Å²) in [5, 5.41) is 1.91. The minimum atomic E-state index is 0.795. The zero-order valence-corrected chi connectivity index (χ0v) is 7.52. The molecule has 0 amide bonds. The average molecular weight is 179 g/mol. The predicted molar refractivity (Wildman–Crippen MR) is 51.2 cm³/mol. The van der Waals surface area contributed by atoms with E-state index in [9.17, 15) is 0 Å². The van der Waals surface area contributed by atoms with Crippen LogP contribution in [-0.4, -0.2) is 0 Å². The Morgan fingerprint density at radius 1 is 1.42 bits per heavy atom. The van der Waals surface area contributed by atoms with Crippen molar-refractivity contribution in [3.8, 4) is 10.6 Å². The summed E-state index contributed by atoms with van der Waals surface area (Å²) in [5.74, 6) is 1.83. The number of hydrogen-bond donors (Lipinski definition) is 1. The first-order chi connectivity index (χ1) is 5.75. The molecule has 2 rings (SSSR count). The van der Waals surface area contributed by atoms with Gasteiger partial charge in [-0.25, -0.2) is 0 Å². The minimum Gasteiger partial charge on any atom is -0.461 e. The Hall–Kier alpha value is -1.22. The molecule has 0 fully saturated rings. The fourth-order valence-corrected chi connectivity index (χ4v) is 1.81. The van der Waals surface area contributed by atoms with Gasteiger partial charge < -0.3 is 10.2 Å². The molecule has 0 aromatic carbocycles. The van der Waals surface area contributed by atoms with E-state index in [1.165, 1.54) is 0 Å². The van der Waals surface area contributed by atoms with Crippen molar-refractivity contribution in [2.75, 3.05) is 5.73 Å². The summed E-state index contributed by atoms with van der Waals surface area (Å²) in [7, 11) is 0. The minimum absolute atomic E-state index is 0.795. The first-order valence-corrected chi connectivity index (χ1v) is 4.54. The topological polar surface area (TPSA) is 39.2 Å². The number of aryl methyl sites for hydroxylation is 1. The Morgan fingerprint density at radius 3 is 2.75 bits per heavy atom. The van der Waals surface area contributed by atoms with Gasteiger partial charge in [-0.15, -0.1) is 11.3 Å². The van der Waals surface area contributed by atoms with Crippen molar-refractivity contribution in [3.63, 3.8) is 0 Å². The van der Waals surface area contributed by atoms with E-state index in [4.69, 9.17) is 10.2 Å². The molecule has 3 heteroatoms. The van der Waals surface area contributed by atoms with Gasteiger partial charge in [0, 0.05) is 11.1 Å². The fraction of sp³-hybridized carbons (Fsp3) is 0.111. The van der Waals surface area contributed by atoms with Gasteiger partial charge in [0.15, 0.2) is 0 Å². The van der Waals surface area contributed by atoms with Crippen LogP contribution in [0.25, 0.3) is 10.6 Å². The van der Waals surface area contributed by atoms with Crippen molar-refractivity contribution in [1.29, 1.82) is 0 Å². The molecule has 12 heavy (non-hydrogen) atoms. The number of nitrogens with two attached hydrogens (primary N) is 1. The zero-order chi connectivity index (χ0) is 8.55. The molecule has 0 spiro atoms. The summed E-state index contributed by atoms with van der Waals surface area (Å²) in [6, 6.07) is 5.83. The van der Waals surface area contributed by atoms with Gasteiger partial charge >= 0.3 is 0 Å². The van der Waals surface area contributed by atoms with Crippen molar-refractivity contribution in [1.82, 2.24) is 0 Å². The molecule has 2 nitrogen and oxygen atoms in total. The molecular weight excluding hydrogens is 170 g/mol. The van der Waals surface area contributed by atoms with Crippen LogP contribution in [0, 0.1) is 6.92 Å². The molecule has 0 atom stereocenters. The summed E-state index contributed by atoms with van der Waals surface area (Å²) in [5.41, 5.74) is 6.39. The molecule has 0 saturated heterocycles. The second kappa shape index (κ2) is 2.68. The molecule has 2 N–H and O–H groups in total. The van der Waals surface area contributed by atoms with Crippen molar-refractivity contribution in [3.05, 3.63) is 29.3 Å². The van der Waals surface area contributed by atoms with E-state index in [1.54, 1.807) is 11.3 Å². The van der Waals surface area contributed by atoms with Gasteiger partial charge in [-0.05, 0) is 25.1 Å². The second-order valence-electron chi connectivity index (χ2n) is 2.65. The molecule has 2 heterocycles. The lowest BCUT2D eigenvalue weighted by Gasteiger charge is -1.87. The fourth-order valence-electron chi connectivity index (χ4n) is 1.05. The first kappa shape index (κ1) is 7.43. The highest BCUT2D eigenvalue weighted by molar-refractivity contribution is 7.14. The van der Waals surface area contributed by atoms with E-state index >= 15 is 0 Å². The van der Waals surface area contributed by atoms with E-state index in [0.29, 0.717) is 0 Å². The summed E-state index contributed by atoms with van der Waals surface area (Å²) >= 11 is 1.60. The van der Waals surface area contributed by atoms with Gasteiger partial charge in [0.25, 0.3) is 0 Å². The third-order valence-corrected chi connectivity index (χ3v) is 2.57. The number of anilines is 1. The largest absolute Gasteiger partial charge is 0.461 e. The smallest absolute Gasteiger partial charge is 0.144 e. The maximum atomic E-state index is 5.59. The maximum Gasteiger partial charge on any atom is 0.144 e. The van der Waals surface area contributed by atoms with Gasteiger partial charge in [-0.2, -0.15) is 0 Å². The van der Waals surface area contributed by atoms with Crippen LogP contribution in [0.5, 0.6) is 0 Å². The lowest BCUT2D eigenvalue weighted by Crippen LogP contribution is -1.75. The highest BCUT2D eigenvalue weighted by Gasteiger charge is 2.03. The normalized spacial score (nSPS) is 10.4. The predicted octanol–water partition coefficient (Wildman–Crippen LogP) is 2.90. The zero-order valence-electron chi connectivity index (χ0n) is 6.70. The number of hydrogen-bond acceptors (Lipinski definition) is 3. The lowest BCUT2D eigenvalue weighted by atomic mass is 10.3. The van der Waals surface area contributed by atoms with Crippen molar-refractivity contribution >= 4 is 17.0 Å². The molecule has 0 unspecified atom stereocenters. The van der Waals surface area contributed by atoms with Crippen LogP contribution in [0.2, 0.25) is 0 Å². The molecule has 0 aliphatic rings. The Balaban J connectivity index is 2.43. The number of nitrogen functional groups attached to an aromatic ring is 1. The maximum absolute atomic E-state index is 5.59. The van der Waals surface area contributed by atoms with Crippen molar-refractivity contribution in [2.24, 2.45) is 0 Å². The van der Waals surface area contributed by atoms with Gasteiger partial charge in [0.05, 0.1) is 4.88 Å². The second-order valence-corrected chi connectivity index (χ2v) is 3.57. The Morgan fingerprint density at radius 2 is 2.25 bits per heavy atom. The monoisotopic (exact) mass is 179 g/mol. The molecule has 2 aromatic rings. The summed E-state index contributed by atoms with van der Waals surface area (Å²) < 4.78 is 5.44. The third kappa shape index (κ3) is 1.23. The highest BCUT2D eigenvalue weighted by atomic mass is 32.1. The van der Waals surface area contributed by atoms with E-state index < -0.39 is 0 Å². The Bertz CT molecular complexity index is 350. The van der Waals surface area contributed by atoms with Crippen LogP contribution in [0.1, 0.15) is 5.76 Å². The molecule has 62 valence electrons. The first-order valence-electron chi connectivity index (χ1n) is 3.66. The molecular formula is C9H9NOS. The molecule has 0 saturated carbocycles. The van der Waals surface area contributed by atoms with E-state index in [2.05, 4.69) is 0 Å². The molecule has 0 aliphatic heterocycles. The van der Waals surface area contributed by atoms with E-state index in [-0.39, 0.29) is 0 Å². The third-order valence-electron chi connectivity index (χ3n) is 1.60. The number of rotatable bonds is 1. The van der Waals surface area contributed by atoms with Crippen LogP contribution >= 0.6 is 11.3 Å². The van der Waals surface area contributed by atoms with Gasteiger partial charge in [0.2, 0.25) is 0 Å². The standard InChI is InChI=1S/C9H9NOS/c1-6-2-3-8(11-6)9-4-7(10)5-12-9/h2-5H,10H2,1H3. The SMILES string of the molecule is Cc1ccc(-c2cc(N)cs2)o1. The van der Waals surface area contributed by atoms with E-state index in [0.717, 1.165) is 22.1 Å². The molecule has 0 radical (unpaired) electrons. The van der Waals surface area contributed by atoms with Crippen LogP contribution in [0.3, 0.4) is 0 Å². The van der Waals surface area contributed by atoms with Crippen molar-refractivity contribution in [2.45, 2.75) is 6.92 Å². The molecule has 0 bridgehead atoms. The summed E-state index contributed by atoms with van der Waals surface area (Å²) in [6.07, 6.45) is 0. The lowest BCUT2D eigenvalue weighted by molar-refractivity contribution is 0.549. The molecule has 2 aromatic heterocycles. The number of furan rings is 1. The van der Waals surface area contributed by atoms with Crippen LogP contribution in [-0.2, 0) is 0 Å². The Labute approximate surface area is 74.6 Å². The molecule has 0 aliphatic carbocycles. The summed E-state index contributed by atoms with van der Waals surface area (Å²) in [4.78, 5) is 1.08. The Kier molecular flexibility index (Phi) is 1.66. The van der Waals surface area contributed by atoms with Gasteiger partial charge in [-0.3, -0.25) is 0 Å². The van der Waals surface area contributed by atoms with Gasteiger partial charge in [0.1, 0.15) is 11.5 Å². The quantitative estimate of drug-likeness (QED) is 0.731. The van der Waals surface area contributed by atoms with Crippen LogP contribution in [0.15, 0.2) is 28.0 Å². The van der Waals surface area contributed by atoms with Crippen molar-refractivity contribution < 1.29 is 4.42 Å². The number of thiophene rings is 1.